The SMILES string of the molecule is COC(=O)c1cccc(-c2ccc(/C=C3/SC(=S)N(CC(=O)O)C3=O)o2)c1. The van der Waals surface area contributed by atoms with Crippen LogP contribution in [-0.4, -0.2) is 45.8 Å². The summed E-state index contributed by atoms with van der Waals surface area (Å²) in [5.74, 6) is -1.15. The smallest absolute Gasteiger partial charge is 0.337 e. The molecule has 0 aliphatic carbocycles. The number of rotatable bonds is 5. The highest BCUT2D eigenvalue weighted by molar-refractivity contribution is 8.26. The van der Waals surface area contributed by atoms with Crippen LogP contribution in [0.4, 0.5) is 0 Å². The quantitative estimate of drug-likeness (QED) is 0.462. The third-order valence-corrected chi connectivity index (χ3v) is 5.01. The number of hydrogen-bond acceptors (Lipinski definition) is 7. The van der Waals surface area contributed by atoms with E-state index in [2.05, 4.69) is 0 Å². The van der Waals surface area contributed by atoms with E-state index < -0.39 is 24.4 Å². The molecule has 1 aliphatic rings. The van der Waals surface area contributed by atoms with Gasteiger partial charge in [-0.2, -0.15) is 0 Å². The summed E-state index contributed by atoms with van der Waals surface area (Å²) in [6.07, 6.45) is 1.51. The zero-order valence-electron chi connectivity index (χ0n) is 14.0. The summed E-state index contributed by atoms with van der Waals surface area (Å²) >= 11 is 6.07. The first kappa shape index (κ1) is 18.9. The van der Waals surface area contributed by atoms with E-state index in [-0.39, 0.29) is 9.23 Å². The number of carbonyl (C=O) groups is 3. The molecule has 0 bridgehead atoms. The maximum absolute atomic E-state index is 12.3. The minimum atomic E-state index is -1.14. The Labute approximate surface area is 163 Å². The van der Waals surface area contributed by atoms with E-state index in [0.717, 1.165) is 16.7 Å². The lowest BCUT2D eigenvalue weighted by atomic mass is 10.1. The second-order valence-electron chi connectivity index (χ2n) is 5.44. The van der Waals surface area contributed by atoms with Crippen LogP contribution in [0.5, 0.6) is 0 Å². The van der Waals surface area contributed by atoms with Crippen LogP contribution >= 0.6 is 24.0 Å². The zero-order valence-corrected chi connectivity index (χ0v) is 15.6. The van der Waals surface area contributed by atoms with Crippen LogP contribution in [0.25, 0.3) is 17.4 Å². The topological polar surface area (TPSA) is 97.0 Å². The second-order valence-corrected chi connectivity index (χ2v) is 7.11. The van der Waals surface area contributed by atoms with Gasteiger partial charge in [-0.1, -0.05) is 36.1 Å². The number of methoxy groups -OCH3 is 1. The third-order valence-electron chi connectivity index (χ3n) is 3.64. The Hall–Kier alpha value is -2.91. The lowest BCUT2D eigenvalue weighted by Crippen LogP contribution is -2.33. The second kappa shape index (κ2) is 7.77. The number of ether oxygens (including phenoxy) is 1. The molecule has 27 heavy (non-hydrogen) atoms. The van der Waals surface area contributed by atoms with Crippen LogP contribution < -0.4 is 0 Å². The maximum atomic E-state index is 12.3. The molecule has 1 aromatic heterocycles. The zero-order chi connectivity index (χ0) is 19.6. The summed E-state index contributed by atoms with van der Waals surface area (Å²) in [7, 11) is 1.31. The van der Waals surface area contributed by atoms with Gasteiger partial charge in [0.05, 0.1) is 17.6 Å². The van der Waals surface area contributed by atoms with E-state index in [1.165, 1.54) is 13.2 Å². The van der Waals surface area contributed by atoms with Gasteiger partial charge in [0, 0.05) is 11.6 Å². The average molecular weight is 403 g/mol. The Balaban J connectivity index is 1.84. The van der Waals surface area contributed by atoms with Crippen LogP contribution in [0.2, 0.25) is 0 Å². The van der Waals surface area contributed by atoms with E-state index in [0.29, 0.717) is 22.6 Å². The van der Waals surface area contributed by atoms with Gasteiger partial charge in [-0.15, -0.1) is 0 Å². The molecular formula is C18H13NO6S2. The van der Waals surface area contributed by atoms with Gasteiger partial charge in [0.25, 0.3) is 5.91 Å². The number of carboxylic acids is 1. The average Bonchev–Trinajstić information content (AvgIpc) is 3.21. The van der Waals surface area contributed by atoms with Crippen molar-refractivity contribution in [3.63, 3.8) is 0 Å². The van der Waals surface area contributed by atoms with E-state index >= 15 is 0 Å². The van der Waals surface area contributed by atoms with Crippen molar-refractivity contribution < 1.29 is 28.6 Å². The van der Waals surface area contributed by atoms with E-state index in [1.54, 1.807) is 36.4 Å². The Morgan fingerprint density at radius 3 is 2.81 bits per heavy atom. The lowest BCUT2D eigenvalue weighted by molar-refractivity contribution is -0.140. The third kappa shape index (κ3) is 4.09. The highest BCUT2D eigenvalue weighted by Crippen LogP contribution is 2.33. The van der Waals surface area contributed by atoms with Gasteiger partial charge < -0.3 is 14.3 Å². The Kier molecular flexibility index (Phi) is 5.43. The van der Waals surface area contributed by atoms with Crippen molar-refractivity contribution in [2.75, 3.05) is 13.7 Å². The Morgan fingerprint density at radius 1 is 1.33 bits per heavy atom. The molecule has 7 nitrogen and oxygen atoms in total. The Morgan fingerprint density at radius 2 is 2.11 bits per heavy atom. The first-order valence-electron chi connectivity index (χ1n) is 7.65. The number of thioether (sulfide) groups is 1. The number of thiocarbonyl (C=S) groups is 1. The van der Waals surface area contributed by atoms with Crippen molar-refractivity contribution in [2.24, 2.45) is 0 Å². The van der Waals surface area contributed by atoms with Gasteiger partial charge in [-0.3, -0.25) is 14.5 Å². The number of aliphatic carboxylic acids is 1. The number of carbonyl (C=O) groups excluding carboxylic acids is 2. The number of benzene rings is 1. The summed E-state index contributed by atoms with van der Waals surface area (Å²) in [5.41, 5.74) is 1.07. The van der Waals surface area contributed by atoms with Crippen LogP contribution in [0.3, 0.4) is 0 Å². The van der Waals surface area contributed by atoms with Crippen molar-refractivity contribution in [2.45, 2.75) is 0 Å². The number of carboxylic acid groups (broad SMARTS) is 1. The van der Waals surface area contributed by atoms with Gasteiger partial charge in [-0.25, -0.2) is 4.79 Å². The predicted octanol–water partition coefficient (Wildman–Crippen LogP) is 3.02. The molecule has 0 atom stereocenters. The molecule has 1 aromatic carbocycles. The van der Waals surface area contributed by atoms with Gasteiger partial charge in [0.15, 0.2) is 0 Å². The monoisotopic (exact) mass is 403 g/mol. The molecule has 2 aromatic rings. The van der Waals surface area contributed by atoms with E-state index in [4.69, 9.17) is 26.5 Å². The highest BCUT2D eigenvalue weighted by Gasteiger charge is 2.33. The van der Waals surface area contributed by atoms with Crippen LogP contribution in [-0.2, 0) is 14.3 Å². The summed E-state index contributed by atoms with van der Waals surface area (Å²) in [4.78, 5) is 36.1. The fourth-order valence-electron chi connectivity index (χ4n) is 2.40. The summed E-state index contributed by atoms with van der Waals surface area (Å²) < 4.78 is 10.6. The van der Waals surface area contributed by atoms with Crippen molar-refractivity contribution >= 4 is 52.2 Å². The van der Waals surface area contributed by atoms with Crippen LogP contribution in [0.1, 0.15) is 16.1 Å². The summed E-state index contributed by atoms with van der Waals surface area (Å²) in [6.45, 7) is -0.480. The molecule has 1 amide bonds. The fraction of sp³-hybridized carbons (Fsp3) is 0.111. The molecule has 3 rings (SSSR count). The van der Waals surface area contributed by atoms with Crippen LogP contribution in [0, 0.1) is 0 Å². The standard InChI is InChI=1S/C18H13NO6S2/c1-24-17(23)11-4-2-3-10(7-11)13-6-5-12(25-13)8-14-16(22)19(9-15(20)21)18(26)27-14/h2-8H,9H2,1H3,(H,20,21)/b14-8+. The molecule has 1 saturated heterocycles. The molecular weight excluding hydrogens is 390 g/mol. The number of esters is 1. The lowest BCUT2D eigenvalue weighted by Gasteiger charge is -2.09. The first-order chi connectivity index (χ1) is 12.9. The van der Waals surface area contributed by atoms with Crippen molar-refractivity contribution in [1.82, 2.24) is 4.90 Å². The highest BCUT2D eigenvalue weighted by atomic mass is 32.2. The normalized spacial score (nSPS) is 15.4. The number of furan rings is 1. The molecule has 9 heteroatoms. The maximum Gasteiger partial charge on any atom is 0.337 e. The fourth-order valence-corrected chi connectivity index (χ4v) is 3.64. The van der Waals surface area contributed by atoms with Gasteiger partial charge in [-0.05, 0) is 24.3 Å². The molecule has 1 N–H and O–H groups in total. The molecule has 1 fully saturated rings. The summed E-state index contributed by atoms with van der Waals surface area (Å²) in [6, 6.07) is 10.1. The van der Waals surface area contributed by atoms with Gasteiger partial charge in [0.1, 0.15) is 22.4 Å². The van der Waals surface area contributed by atoms with E-state index in [9.17, 15) is 14.4 Å². The number of hydrogen-bond donors (Lipinski definition) is 1. The van der Waals surface area contributed by atoms with E-state index in [1.807, 2.05) is 0 Å². The Bertz CT molecular complexity index is 978. The molecule has 0 spiro atoms. The molecule has 138 valence electrons. The van der Waals surface area contributed by atoms with Crippen LogP contribution in [0.15, 0.2) is 45.7 Å². The predicted molar refractivity (Wildman–Crippen MR) is 103 cm³/mol. The molecule has 0 saturated carbocycles. The summed E-state index contributed by atoms with van der Waals surface area (Å²) in [5, 5.41) is 8.86. The number of amides is 1. The van der Waals surface area contributed by atoms with Crippen molar-refractivity contribution in [3.8, 4) is 11.3 Å². The largest absolute Gasteiger partial charge is 0.480 e. The van der Waals surface area contributed by atoms with Crippen molar-refractivity contribution in [3.05, 3.63) is 52.6 Å². The molecule has 0 unspecified atom stereocenters. The first-order valence-corrected chi connectivity index (χ1v) is 8.87. The van der Waals surface area contributed by atoms with Gasteiger partial charge in [0.2, 0.25) is 0 Å². The minimum Gasteiger partial charge on any atom is -0.480 e. The minimum absolute atomic E-state index is 0.186. The molecule has 1 aliphatic heterocycles. The number of nitrogens with zero attached hydrogens (tertiary/aromatic N) is 1. The molecule has 2 heterocycles. The molecule has 0 radical (unpaired) electrons. The van der Waals surface area contributed by atoms with Crippen molar-refractivity contribution in [1.29, 1.82) is 0 Å². The van der Waals surface area contributed by atoms with Gasteiger partial charge >= 0.3 is 11.9 Å².